The lowest BCUT2D eigenvalue weighted by Crippen LogP contribution is -2.22. The van der Waals surface area contributed by atoms with Crippen LogP contribution in [0, 0.1) is 0 Å². The molecule has 2 heterocycles. The molecule has 0 saturated heterocycles. The predicted molar refractivity (Wildman–Crippen MR) is 74.0 cm³/mol. The van der Waals surface area contributed by atoms with E-state index in [0.717, 1.165) is 4.68 Å². The van der Waals surface area contributed by atoms with Crippen LogP contribution in [0.25, 0.3) is 11.4 Å². The fourth-order valence-corrected chi connectivity index (χ4v) is 1.94. The summed E-state index contributed by atoms with van der Waals surface area (Å²) in [6.07, 6.45) is -3.42. The van der Waals surface area contributed by atoms with Gasteiger partial charge in [-0.2, -0.15) is 23.3 Å². The Hall–Kier alpha value is -3.17. The highest BCUT2D eigenvalue weighted by atomic mass is 19.4. The third-order valence-electron chi connectivity index (χ3n) is 3.11. The van der Waals surface area contributed by atoms with Crippen LogP contribution in [0.2, 0.25) is 0 Å². The lowest BCUT2D eigenvalue weighted by molar-refractivity contribution is -0.159. The van der Waals surface area contributed by atoms with Crippen LogP contribution >= 0.6 is 0 Å². The first kappa shape index (κ1) is 15.7. The average Bonchev–Trinajstić information content (AvgIpc) is 3.03. The Kier molecular flexibility index (Phi) is 3.80. The van der Waals surface area contributed by atoms with Gasteiger partial charge in [-0.1, -0.05) is 29.4 Å². The summed E-state index contributed by atoms with van der Waals surface area (Å²) in [4.78, 5) is 15.0. The van der Waals surface area contributed by atoms with Crippen LogP contribution in [0.1, 0.15) is 11.5 Å². The van der Waals surface area contributed by atoms with E-state index in [2.05, 4.69) is 19.8 Å². The Labute approximate surface area is 132 Å². The number of nitrogens with zero attached hydrogens (tertiary/aromatic N) is 4. The standard InChI is InChI=1S/C14H9F3N4O3/c15-14(16,17)13-19-11(20-24-13)9-3-1-8(2-4-9)7-21-12(23)10(22)5-6-18-21/h1-6,22H,7H2. The highest BCUT2D eigenvalue weighted by Gasteiger charge is 2.38. The lowest BCUT2D eigenvalue weighted by Gasteiger charge is -2.05. The summed E-state index contributed by atoms with van der Waals surface area (Å²) in [6.45, 7) is 0.0908. The molecule has 7 nitrogen and oxygen atoms in total. The van der Waals surface area contributed by atoms with Crippen LogP contribution < -0.4 is 5.56 Å². The molecule has 2 aromatic heterocycles. The largest absolute Gasteiger partial charge is 0.503 e. The highest BCUT2D eigenvalue weighted by Crippen LogP contribution is 2.29. The molecular weight excluding hydrogens is 329 g/mol. The number of halogens is 3. The highest BCUT2D eigenvalue weighted by molar-refractivity contribution is 5.54. The molecule has 0 aliphatic heterocycles. The Morgan fingerprint density at radius 2 is 1.88 bits per heavy atom. The molecule has 10 heteroatoms. The molecule has 0 aliphatic carbocycles. The van der Waals surface area contributed by atoms with Gasteiger partial charge in [0.1, 0.15) is 0 Å². The third-order valence-corrected chi connectivity index (χ3v) is 3.11. The van der Waals surface area contributed by atoms with Gasteiger partial charge in [0.2, 0.25) is 5.82 Å². The van der Waals surface area contributed by atoms with Gasteiger partial charge in [-0.3, -0.25) is 4.79 Å². The van der Waals surface area contributed by atoms with Gasteiger partial charge in [0.05, 0.1) is 12.7 Å². The number of benzene rings is 1. The molecule has 3 aromatic rings. The smallest absolute Gasteiger partial charge is 0.471 e. The van der Waals surface area contributed by atoms with Crippen molar-refractivity contribution in [2.45, 2.75) is 12.7 Å². The molecule has 1 aromatic carbocycles. The van der Waals surface area contributed by atoms with Crippen LogP contribution in [0.3, 0.4) is 0 Å². The second-order valence-electron chi connectivity index (χ2n) is 4.80. The van der Waals surface area contributed by atoms with Crippen LogP contribution in [0.5, 0.6) is 5.75 Å². The minimum atomic E-state index is -4.70. The van der Waals surface area contributed by atoms with Crippen LogP contribution in [-0.2, 0) is 12.7 Å². The first-order valence-electron chi connectivity index (χ1n) is 6.60. The quantitative estimate of drug-likeness (QED) is 0.786. The predicted octanol–water partition coefficient (Wildman–Crippen LogP) is 2.07. The Morgan fingerprint density at radius 3 is 2.50 bits per heavy atom. The minimum absolute atomic E-state index is 0.0908. The van der Waals surface area contributed by atoms with Crippen molar-refractivity contribution in [3.63, 3.8) is 0 Å². The fraction of sp³-hybridized carbons (Fsp3) is 0.143. The van der Waals surface area contributed by atoms with Gasteiger partial charge in [0.15, 0.2) is 5.75 Å². The summed E-state index contributed by atoms with van der Waals surface area (Å²) < 4.78 is 42.5. The number of aromatic nitrogens is 4. The molecule has 0 amide bonds. The number of hydrogen-bond donors (Lipinski definition) is 1. The molecule has 0 unspecified atom stereocenters. The molecule has 0 aliphatic rings. The van der Waals surface area contributed by atoms with E-state index in [1.165, 1.54) is 24.4 Å². The van der Waals surface area contributed by atoms with Crippen LogP contribution in [-0.4, -0.2) is 25.0 Å². The molecule has 24 heavy (non-hydrogen) atoms. The van der Waals surface area contributed by atoms with Crippen molar-refractivity contribution in [2.24, 2.45) is 0 Å². The van der Waals surface area contributed by atoms with Gasteiger partial charge in [0.25, 0.3) is 0 Å². The van der Waals surface area contributed by atoms with E-state index in [9.17, 15) is 23.1 Å². The van der Waals surface area contributed by atoms with E-state index in [4.69, 9.17) is 0 Å². The van der Waals surface area contributed by atoms with Crippen molar-refractivity contribution in [3.05, 3.63) is 58.3 Å². The molecular formula is C14H9F3N4O3. The van der Waals surface area contributed by atoms with Crippen LogP contribution in [0.15, 0.2) is 45.8 Å². The Bertz CT molecular complexity index is 916. The van der Waals surface area contributed by atoms with Crippen molar-refractivity contribution in [3.8, 4) is 17.1 Å². The maximum atomic E-state index is 12.4. The van der Waals surface area contributed by atoms with E-state index in [-0.39, 0.29) is 12.4 Å². The topological polar surface area (TPSA) is 94.0 Å². The molecule has 0 radical (unpaired) electrons. The molecule has 0 bridgehead atoms. The van der Waals surface area contributed by atoms with Crippen molar-refractivity contribution < 1.29 is 22.8 Å². The molecule has 0 spiro atoms. The average molecular weight is 338 g/mol. The van der Waals surface area contributed by atoms with E-state index in [1.807, 2.05) is 0 Å². The summed E-state index contributed by atoms with van der Waals surface area (Å²) in [5.74, 6) is -2.04. The lowest BCUT2D eigenvalue weighted by atomic mass is 10.1. The summed E-state index contributed by atoms with van der Waals surface area (Å²) >= 11 is 0. The first-order chi connectivity index (χ1) is 11.3. The Balaban J connectivity index is 1.82. The zero-order valence-corrected chi connectivity index (χ0v) is 11.9. The van der Waals surface area contributed by atoms with Gasteiger partial charge in [-0.25, -0.2) is 4.68 Å². The van der Waals surface area contributed by atoms with Crippen molar-refractivity contribution in [2.75, 3.05) is 0 Å². The van der Waals surface area contributed by atoms with Gasteiger partial charge >= 0.3 is 17.6 Å². The SMILES string of the molecule is O=c1c(O)ccnn1Cc1ccc(-c2noc(C(F)(F)F)n2)cc1. The normalized spacial score (nSPS) is 11.6. The third kappa shape index (κ3) is 3.12. The Morgan fingerprint density at radius 1 is 1.17 bits per heavy atom. The maximum Gasteiger partial charge on any atom is 0.471 e. The number of alkyl halides is 3. The second-order valence-corrected chi connectivity index (χ2v) is 4.80. The molecule has 3 rings (SSSR count). The van der Waals surface area contributed by atoms with E-state index >= 15 is 0 Å². The summed E-state index contributed by atoms with van der Waals surface area (Å²) in [5.41, 5.74) is 0.335. The van der Waals surface area contributed by atoms with Crippen molar-refractivity contribution in [1.82, 2.24) is 19.9 Å². The molecule has 1 N–H and O–H groups in total. The summed E-state index contributed by atoms with van der Waals surface area (Å²) in [7, 11) is 0. The second kappa shape index (κ2) is 5.80. The summed E-state index contributed by atoms with van der Waals surface area (Å²) in [5, 5.41) is 16.5. The molecule has 0 fully saturated rings. The van der Waals surface area contributed by atoms with E-state index < -0.39 is 23.4 Å². The van der Waals surface area contributed by atoms with Crippen LogP contribution in [0.4, 0.5) is 13.2 Å². The first-order valence-corrected chi connectivity index (χ1v) is 6.60. The molecule has 0 saturated carbocycles. The van der Waals surface area contributed by atoms with Gasteiger partial charge < -0.3 is 9.63 Å². The number of rotatable bonds is 3. The number of hydrogen-bond acceptors (Lipinski definition) is 6. The molecule has 124 valence electrons. The van der Waals surface area contributed by atoms with Crippen molar-refractivity contribution in [1.29, 1.82) is 0 Å². The fourth-order valence-electron chi connectivity index (χ4n) is 1.94. The zero-order chi connectivity index (χ0) is 17.3. The van der Waals surface area contributed by atoms with E-state index in [0.29, 0.717) is 11.1 Å². The van der Waals surface area contributed by atoms with Gasteiger partial charge in [-0.15, -0.1) is 0 Å². The monoisotopic (exact) mass is 338 g/mol. The van der Waals surface area contributed by atoms with Gasteiger partial charge in [0, 0.05) is 11.6 Å². The summed E-state index contributed by atoms with van der Waals surface area (Å²) in [6, 6.07) is 7.33. The zero-order valence-electron chi connectivity index (χ0n) is 11.9. The number of aromatic hydroxyl groups is 1. The minimum Gasteiger partial charge on any atom is -0.503 e. The van der Waals surface area contributed by atoms with E-state index in [1.54, 1.807) is 12.1 Å². The van der Waals surface area contributed by atoms with Crippen molar-refractivity contribution >= 4 is 0 Å². The molecule has 0 atom stereocenters. The maximum absolute atomic E-state index is 12.4. The van der Waals surface area contributed by atoms with Gasteiger partial charge in [-0.05, 0) is 5.56 Å².